The van der Waals surface area contributed by atoms with E-state index < -0.39 is 0 Å². The minimum Gasteiger partial charge on any atom is -0.457 e. The second kappa shape index (κ2) is 7.31. The molecule has 6 aromatic rings. The van der Waals surface area contributed by atoms with Gasteiger partial charge in [-0.25, -0.2) is 4.98 Å². The van der Waals surface area contributed by atoms with E-state index in [1.165, 1.54) is 21.9 Å². The average Bonchev–Trinajstić information content (AvgIpc) is 3.22. The molecule has 35 heavy (non-hydrogen) atoms. The van der Waals surface area contributed by atoms with Crippen molar-refractivity contribution in [1.82, 2.24) is 9.55 Å². The predicted octanol–water partition coefficient (Wildman–Crippen LogP) is 8.28. The molecule has 0 spiro atoms. The lowest BCUT2D eigenvalue weighted by molar-refractivity contribution is 0.419. The fourth-order valence-corrected chi connectivity index (χ4v) is 5.47. The summed E-state index contributed by atoms with van der Waals surface area (Å²) in [5, 5.41) is 2.43. The number of benzene rings is 4. The highest BCUT2D eigenvalue weighted by Crippen LogP contribution is 2.50. The van der Waals surface area contributed by atoms with Crippen LogP contribution in [-0.4, -0.2) is 9.55 Å². The van der Waals surface area contributed by atoms with E-state index in [2.05, 4.69) is 109 Å². The number of nitrogens with zero attached hydrogens (tertiary/aromatic N) is 2. The zero-order valence-electron chi connectivity index (χ0n) is 19.7. The summed E-state index contributed by atoms with van der Waals surface area (Å²) in [7, 11) is 0. The highest BCUT2D eigenvalue weighted by molar-refractivity contribution is 6.10. The van der Waals surface area contributed by atoms with Gasteiger partial charge in [-0.2, -0.15) is 0 Å². The molecule has 1 aliphatic rings. The number of rotatable bonds is 2. The molecule has 2 aromatic heterocycles. The van der Waals surface area contributed by atoms with Crippen molar-refractivity contribution in [2.45, 2.75) is 19.3 Å². The molecule has 0 saturated heterocycles. The normalized spacial score (nSPS) is 13.9. The maximum Gasteiger partial charge on any atom is 0.137 e. The fourth-order valence-electron chi connectivity index (χ4n) is 5.47. The lowest BCUT2D eigenvalue weighted by Gasteiger charge is -2.34. The van der Waals surface area contributed by atoms with E-state index in [1.54, 1.807) is 0 Å². The number of para-hydroxylation sites is 2. The number of pyridine rings is 1. The Hall–Kier alpha value is -4.37. The number of aromatic nitrogens is 2. The van der Waals surface area contributed by atoms with Crippen LogP contribution in [0.2, 0.25) is 0 Å². The monoisotopic (exact) mass is 452 g/mol. The van der Waals surface area contributed by atoms with E-state index in [4.69, 9.17) is 9.72 Å². The van der Waals surface area contributed by atoms with Crippen LogP contribution in [0.3, 0.4) is 0 Å². The van der Waals surface area contributed by atoms with Crippen LogP contribution in [0, 0.1) is 0 Å². The lowest BCUT2D eigenvalue weighted by Crippen LogP contribution is -2.24. The van der Waals surface area contributed by atoms with Crippen molar-refractivity contribution in [3.63, 3.8) is 0 Å². The van der Waals surface area contributed by atoms with Gasteiger partial charge < -0.3 is 4.74 Å². The summed E-state index contributed by atoms with van der Waals surface area (Å²) in [6, 6.07) is 36.0. The molecule has 0 unspecified atom stereocenters. The molecule has 0 atom stereocenters. The fraction of sp³-hybridized carbons (Fsp3) is 0.0938. The van der Waals surface area contributed by atoms with Crippen molar-refractivity contribution in [1.29, 1.82) is 0 Å². The third kappa shape index (κ3) is 2.95. The first-order valence-electron chi connectivity index (χ1n) is 12.0. The van der Waals surface area contributed by atoms with Crippen LogP contribution < -0.4 is 4.74 Å². The molecular formula is C32H24N2O. The Labute approximate surface area is 204 Å². The van der Waals surface area contributed by atoms with Gasteiger partial charge in [0.1, 0.15) is 17.3 Å². The van der Waals surface area contributed by atoms with Gasteiger partial charge in [-0.1, -0.05) is 80.6 Å². The Bertz CT molecular complexity index is 1730. The van der Waals surface area contributed by atoms with Crippen LogP contribution >= 0.6 is 0 Å². The molecular weight excluding hydrogens is 428 g/mol. The Kier molecular flexibility index (Phi) is 4.19. The molecule has 7 rings (SSSR count). The van der Waals surface area contributed by atoms with E-state index in [9.17, 15) is 0 Å². The smallest absolute Gasteiger partial charge is 0.137 e. The lowest BCUT2D eigenvalue weighted by atomic mass is 9.75. The largest absolute Gasteiger partial charge is 0.457 e. The predicted molar refractivity (Wildman–Crippen MR) is 143 cm³/mol. The van der Waals surface area contributed by atoms with E-state index in [-0.39, 0.29) is 5.41 Å². The van der Waals surface area contributed by atoms with Crippen molar-refractivity contribution in [3.8, 4) is 28.4 Å². The summed E-state index contributed by atoms with van der Waals surface area (Å²) in [6.45, 7) is 4.56. The molecule has 0 saturated carbocycles. The van der Waals surface area contributed by atoms with Crippen molar-refractivity contribution in [2.75, 3.05) is 0 Å². The molecule has 0 bridgehead atoms. The van der Waals surface area contributed by atoms with Crippen molar-refractivity contribution < 1.29 is 4.74 Å². The topological polar surface area (TPSA) is 27.1 Å². The molecule has 4 aromatic carbocycles. The molecule has 168 valence electrons. The van der Waals surface area contributed by atoms with Crippen LogP contribution in [0.25, 0.3) is 38.8 Å². The molecule has 0 aliphatic carbocycles. The van der Waals surface area contributed by atoms with E-state index >= 15 is 0 Å². The molecule has 3 heteroatoms. The molecule has 1 aliphatic heterocycles. The van der Waals surface area contributed by atoms with Gasteiger partial charge in [0.2, 0.25) is 0 Å². The van der Waals surface area contributed by atoms with Crippen molar-refractivity contribution in [3.05, 3.63) is 120 Å². The summed E-state index contributed by atoms with van der Waals surface area (Å²) < 4.78 is 8.70. The van der Waals surface area contributed by atoms with Gasteiger partial charge in [0, 0.05) is 45.1 Å². The maximum absolute atomic E-state index is 6.45. The van der Waals surface area contributed by atoms with Crippen molar-refractivity contribution >= 4 is 21.8 Å². The number of ether oxygens (including phenoxy) is 1. The molecule has 3 nitrogen and oxygen atoms in total. The molecule has 0 fully saturated rings. The van der Waals surface area contributed by atoms with Crippen LogP contribution in [0.1, 0.15) is 25.0 Å². The van der Waals surface area contributed by atoms with E-state index in [1.807, 2.05) is 18.3 Å². The zero-order chi connectivity index (χ0) is 23.6. The summed E-state index contributed by atoms with van der Waals surface area (Å²) in [6.07, 6.45) is 1.96. The first-order valence-corrected chi connectivity index (χ1v) is 12.0. The standard InChI is InChI=1S/C32H24N2O/c1-32(2)25-13-7-9-15-29(25)35-30-19-28-24(18-26(30)32)23-12-6-8-14-27(23)34(28)31-17-16-22(20-33-31)21-10-4-3-5-11-21/h3-20H,1-2H3. The first-order chi connectivity index (χ1) is 17.1. The Morgan fingerprint density at radius 1 is 0.629 bits per heavy atom. The van der Waals surface area contributed by atoms with E-state index in [0.29, 0.717) is 0 Å². The highest BCUT2D eigenvalue weighted by atomic mass is 16.5. The number of fused-ring (bicyclic) bond motifs is 5. The van der Waals surface area contributed by atoms with Gasteiger partial charge in [-0.3, -0.25) is 4.57 Å². The van der Waals surface area contributed by atoms with Gasteiger partial charge in [0.05, 0.1) is 11.0 Å². The number of hydrogen-bond donors (Lipinski definition) is 0. The SMILES string of the molecule is CC1(C)c2ccccc2Oc2cc3c(cc21)c1ccccc1n3-c1ccc(-c2ccccc2)cn1. The van der Waals surface area contributed by atoms with Crippen molar-refractivity contribution in [2.24, 2.45) is 0 Å². The third-order valence-electron chi connectivity index (χ3n) is 7.31. The van der Waals surface area contributed by atoms with Crippen LogP contribution in [0.5, 0.6) is 11.5 Å². The Morgan fingerprint density at radius 2 is 1.40 bits per heavy atom. The molecule has 3 heterocycles. The molecule has 0 amide bonds. The number of hydrogen-bond acceptors (Lipinski definition) is 2. The second-order valence-corrected chi connectivity index (χ2v) is 9.71. The Balaban J connectivity index is 1.46. The Morgan fingerprint density at radius 3 is 2.23 bits per heavy atom. The maximum atomic E-state index is 6.45. The zero-order valence-corrected chi connectivity index (χ0v) is 19.7. The molecule has 0 radical (unpaired) electrons. The van der Waals surface area contributed by atoms with Gasteiger partial charge in [0.25, 0.3) is 0 Å². The quantitative estimate of drug-likeness (QED) is 0.264. The minimum absolute atomic E-state index is 0.156. The summed E-state index contributed by atoms with van der Waals surface area (Å²) in [4.78, 5) is 4.90. The minimum atomic E-state index is -0.156. The van der Waals surface area contributed by atoms with Crippen LogP contribution in [-0.2, 0) is 5.41 Å². The summed E-state index contributed by atoms with van der Waals surface area (Å²) in [5.74, 6) is 2.73. The van der Waals surface area contributed by atoms with Gasteiger partial charge in [-0.15, -0.1) is 0 Å². The summed E-state index contributed by atoms with van der Waals surface area (Å²) >= 11 is 0. The van der Waals surface area contributed by atoms with Crippen LogP contribution in [0.4, 0.5) is 0 Å². The summed E-state index contributed by atoms with van der Waals surface area (Å²) in [5.41, 5.74) is 6.77. The van der Waals surface area contributed by atoms with Crippen LogP contribution in [0.15, 0.2) is 109 Å². The van der Waals surface area contributed by atoms with Gasteiger partial charge in [0.15, 0.2) is 0 Å². The highest BCUT2D eigenvalue weighted by Gasteiger charge is 2.35. The third-order valence-corrected chi connectivity index (χ3v) is 7.31. The van der Waals surface area contributed by atoms with Gasteiger partial charge >= 0.3 is 0 Å². The first kappa shape index (κ1) is 20.0. The second-order valence-electron chi connectivity index (χ2n) is 9.71. The van der Waals surface area contributed by atoms with Gasteiger partial charge in [-0.05, 0) is 35.9 Å². The molecule has 0 N–H and O–H groups in total. The van der Waals surface area contributed by atoms with E-state index in [0.717, 1.165) is 39.5 Å². The average molecular weight is 453 g/mol.